The molecule has 1 aliphatic heterocycles. The first-order valence-electron chi connectivity index (χ1n) is 8.72. The Morgan fingerprint density at radius 1 is 1.39 bits per heavy atom. The molecule has 4 N–H and O–H groups in total. The Kier molecular flexibility index (Phi) is 6.68. The smallest absolute Gasteiger partial charge is 0.260 e. The molecule has 150 valence electrons. The third kappa shape index (κ3) is 5.10. The van der Waals surface area contributed by atoms with Gasteiger partial charge in [0, 0.05) is 18.5 Å². The molecule has 0 bridgehead atoms. The van der Waals surface area contributed by atoms with Gasteiger partial charge in [-0.3, -0.25) is 14.9 Å². The molecule has 1 unspecified atom stereocenters. The Morgan fingerprint density at radius 3 is 2.93 bits per heavy atom. The lowest BCUT2D eigenvalue weighted by Crippen LogP contribution is -2.62. The number of nitrogens with one attached hydrogen (secondary N) is 3. The number of halogens is 1. The fraction of sp³-hybridized carbons (Fsp3) is 0.389. The number of carbonyl (C=O) groups is 2. The summed E-state index contributed by atoms with van der Waals surface area (Å²) in [6, 6.07) is 5.66. The van der Waals surface area contributed by atoms with Crippen LogP contribution in [0.1, 0.15) is 16.1 Å². The minimum absolute atomic E-state index is 0.0223. The van der Waals surface area contributed by atoms with Crippen LogP contribution in [0.5, 0.6) is 0 Å². The average molecular weight is 408 g/mol. The Labute approximate surface area is 165 Å². The number of aromatic nitrogens is 1. The van der Waals surface area contributed by atoms with Gasteiger partial charge in [-0.25, -0.2) is 9.37 Å². The van der Waals surface area contributed by atoms with E-state index in [1.807, 2.05) is 0 Å². The van der Waals surface area contributed by atoms with Gasteiger partial charge in [-0.15, -0.1) is 11.3 Å². The van der Waals surface area contributed by atoms with Crippen molar-refractivity contribution in [2.45, 2.75) is 12.0 Å². The van der Waals surface area contributed by atoms with Gasteiger partial charge in [0.05, 0.1) is 43.0 Å². The van der Waals surface area contributed by atoms with E-state index in [2.05, 4.69) is 20.9 Å². The molecule has 2 heterocycles. The molecule has 8 nitrogen and oxygen atoms in total. The van der Waals surface area contributed by atoms with Crippen molar-refractivity contribution in [1.82, 2.24) is 15.6 Å². The van der Waals surface area contributed by atoms with Crippen molar-refractivity contribution in [3.8, 4) is 0 Å². The van der Waals surface area contributed by atoms with E-state index in [1.165, 1.54) is 18.2 Å². The van der Waals surface area contributed by atoms with Gasteiger partial charge in [-0.2, -0.15) is 0 Å². The van der Waals surface area contributed by atoms with Crippen molar-refractivity contribution in [3.05, 3.63) is 46.7 Å². The maximum Gasteiger partial charge on any atom is 0.260 e. The van der Waals surface area contributed by atoms with Gasteiger partial charge in [0.25, 0.3) is 5.91 Å². The zero-order chi connectivity index (χ0) is 20.0. The minimum atomic E-state index is -0.686. The van der Waals surface area contributed by atoms with Gasteiger partial charge in [0.2, 0.25) is 5.91 Å². The van der Waals surface area contributed by atoms with Gasteiger partial charge in [-0.05, 0) is 12.1 Å². The van der Waals surface area contributed by atoms with Crippen molar-refractivity contribution >= 4 is 28.3 Å². The first-order valence-corrected chi connectivity index (χ1v) is 9.60. The number of nitrogens with zero attached hydrogens (tertiary/aromatic N) is 1. The van der Waals surface area contributed by atoms with Gasteiger partial charge < -0.3 is 20.5 Å². The van der Waals surface area contributed by atoms with E-state index in [-0.39, 0.29) is 36.2 Å². The van der Waals surface area contributed by atoms with Crippen molar-refractivity contribution in [3.63, 3.8) is 0 Å². The molecular formula is C18H21FN4O4S. The summed E-state index contributed by atoms with van der Waals surface area (Å²) in [5.41, 5.74) is -0.278. The molecule has 1 aromatic carbocycles. The first-order chi connectivity index (χ1) is 13.5. The first kappa shape index (κ1) is 20.3. The topological polar surface area (TPSA) is 113 Å². The van der Waals surface area contributed by atoms with E-state index in [0.717, 1.165) is 11.3 Å². The highest BCUT2D eigenvalue weighted by Crippen LogP contribution is 2.18. The fourth-order valence-electron chi connectivity index (χ4n) is 2.73. The second-order valence-corrected chi connectivity index (χ2v) is 7.31. The minimum Gasteiger partial charge on any atom is -0.394 e. The quantitative estimate of drug-likeness (QED) is 0.532. The van der Waals surface area contributed by atoms with Crippen LogP contribution in [-0.4, -0.2) is 60.4 Å². The molecule has 28 heavy (non-hydrogen) atoms. The number of amides is 2. The van der Waals surface area contributed by atoms with E-state index >= 15 is 0 Å². The Bertz CT molecular complexity index is 838. The number of rotatable bonds is 7. The third-order valence-electron chi connectivity index (χ3n) is 4.28. The number of aliphatic hydroxyl groups excluding tert-OH is 1. The maximum atomic E-state index is 13.7. The molecule has 0 aliphatic carbocycles. The number of aliphatic hydroxyl groups is 1. The molecule has 0 radical (unpaired) electrons. The van der Waals surface area contributed by atoms with Crippen LogP contribution in [0.15, 0.2) is 29.6 Å². The van der Waals surface area contributed by atoms with Gasteiger partial charge in [-0.1, -0.05) is 12.1 Å². The normalized spacial score (nSPS) is 19.2. The lowest BCUT2D eigenvalue weighted by Gasteiger charge is -2.36. The maximum absolute atomic E-state index is 13.7. The van der Waals surface area contributed by atoms with E-state index in [4.69, 9.17) is 4.74 Å². The van der Waals surface area contributed by atoms with Crippen LogP contribution in [0, 0.1) is 5.82 Å². The summed E-state index contributed by atoms with van der Waals surface area (Å²) in [5, 5.41) is 20.0. The summed E-state index contributed by atoms with van der Waals surface area (Å²) in [7, 11) is 0. The van der Waals surface area contributed by atoms with Crippen LogP contribution in [0.25, 0.3) is 0 Å². The molecule has 0 spiro atoms. The number of thiazole rings is 1. The van der Waals surface area contributed by atoms with Crippen molar-refractivity contribution in [2.75, 3.05) is 38.2 Å². The van der Waals surface area contributed by atoms with Crippen LogP contribution in [0.4, 0.5) is 9.52 Å². The van der Waals surface area contributed by atoms with Crippen molar-refractivity contribution in [2.24, 2.45) is 0 Å². The summed E-state index contributed by atoms with van der Waals surface area (Å²) < 4.78 is 19.0. The molecule has 2 aromatic rings. The zero-order valence-corrected chi connectivity index (χ0v) is 15.9. The summed E-state index contributed by atoms with van der Waals surface area (Å²) in [5.74, 6) is -1.48. The Morgan fingerprint density at radius 2 is 2.21 bits per heavy atom. The van der Waals surface area contributed by atoms with E-state index in [0.29, 0.717) is 25.5 Å². The van der Waals surface area contributed by atoms with Crippen LogP contribution >= 0.6 is 11.3 Å². The van der Waals surface area contributed by atoms with Crippen LogP contribution in [0.2, 0.25) is 0 Å². The summed E-state index contributed by atoms with van der Waals surface area (Å²) in [4.78, 5) is 28.5. The monoisotopic (exact) mass is 408 g/mol. The number of hydrogen-bond acceptors (Lipinski definition) is 7. The SMILES string of the molecule is O=C(Cc1csc(NC(=O)c2ccccc2F)n1)NCC1(CO)COCCN1. The molecule has 10 heteroatoms. The molecule has 0 saturated carbocycles. The second kappa shape index (κ2) is 9.20. The largest absolute Gasteiger partial charge is 0.394 e. The van der Waals surface area contributed by atoms with E-state index in [1.54, 1.807) is 11.4 Å². The fourth-order valence-corrected chi connectivity index (χ4v) is 3.43. The third-order valence-corrected chi connectivity index (χ3v) is 5.09. The van der Waals surface area contributed by atoms with E-state index < -0.39 is 17.3 Å². The second-order valence-electron chi connectivity index (χ2n) is 6.45. The highest BCUT2D eigenvalue weighted by molar-refractivity contribution is 7.14. The summed E-state index contributed by atoms with van der Waals surface area (Å²) >= 11 is 1.15. The number of hydrogen-bond donors (Lipinski definition) is 4. The molecule has 3 rings (SSSR count). The number of benzene rings is 1. The van der Waals surface area contributed by atoms with Gasteiger partial charge in [0.1, 0.15) is 5.82 Å². The highest BCUT2D eigenvalue weighted by atomic mass is 32.1. The van der Waals surface area contributed by atoms with Crippen molar-refractivity contribution < 1.29 is 23.8 Å². The summed E-state index contributed by atoms with van der Waals surface area (Å²) in [6.07, 6.45) is 0.0223. The molecule has 1 aromatic heterocycles. The number of morpholine rings is 1. The van der Waals surface area contributed by atoms with E-state index in [9.17, 15) is 19.1 Å². The van der Waals surface area contributed by atoms with Gasteiger partial charge >= 0.3 is 0 Å². The van der Waals surface area contributed by atoms with Gasteiger partial charge in [0.15, 0.2) is 5.13 Å². The lowest BCUT2D eigenvalue weighted by molar-refractivity contribution is -0.121. The molecule has 1 aliphatic rings. The highest BCUT2D eigenvalue weighted by Gasteiger charge is 2.32. The number of anilines is 1. The molecule has 1 saturated heterocycles. The zero-order valence-electron chi connectivity index (χ0n) is 15.0. The molecule has 1 fully saturated rings. The molecular weight excluding hydrogens is 387 g/mol. The summed E-state index contributed by atoms with van der Waals surface area (Å²) in [6.45, 7) is 1.55. The van der Waals surface area contributed by atoms with Crippen molar-refractivity contribution in [1.29, 1.82) is 0 Å². The predicted octanol–water partition coefficient (Wildman–Crippen LogP) is 0.544. The van der Waals surface area contributed by atoms with Crippen LogP contribution in [-0.2, 0) is 16.0 Å². The lowest BCUT2D eigenvalue weighted by atomic mass is 10.0. The standard InChI is InChI=1S/C18H21FN4O4S/c19-14-4-2-1-3-13(14)16(26)23-17-22-12(8-28-17)7-15(25)20-9-18(10-24)11-27-6-5-21-18/h1-4,8,21,24H,5-7,9-11H2,(H,20,25)(H,22,23,26). The predicted molar refractivity (Wildman–Crippen MR) is 102 cm³/mol. The number of carbonyl (C=O) groups excluding carboxylic acids is 2. The molecule has 1 atom stereocenters. The molecule has 2 amide bonds. The Hall–Kier alpha value is -2.40. The Balaban J connectivity index is 1.52. The van der Waals surface area contributed by atoms with Crippen LogP contribution in [0.3, 0.4) is 0 Å². The van der Waals surface area contributed by atoms with Crippen LogP contribution < -0.4 is 16.0 Å². The average Bonchev–Trinajstić information content (AvgIpc) is 3.14. The number of ether oxygens (including phenoxy) is 1.